The minimum absolute atomic E-state index is 0.117. The quantitative estimate of drug-likeness (QED) is 0.632. The number of anilines is 1. The maximum Gasteiger partial charge on any atom is 0.409 e. The van der Waals surface area contributed by atoms with Crippen LogP contribution in [0.2, 0.25) is 0 Å². The van der Waals surface area contributed by atoms with Gasteiger partial charge in [-0.15, -0.1) is 0 Å². The zero-order chi connectivity index (χ0) is 21.5. The van der Waals surface area contributed by atoms with Gasteiger partial charge in [-0.25, -0.2) is 4.79 Å². The summed E-state index contributed by atoms with van der Waals surface area (Å²) < 4.78 is 5.26. The lowest BCUT2D eigenvalue weighted by Gasteiger charge is -2.13. The molecule has 3 aromatic carbocycles. The predicted octanol–water partition coefficient (Wildman–Crippen LogP) is 4.31. The summed E-state index contributed by atoms with van der Waals surface area (Å²) in [7, 11) is 0. The summed E-state index contributed by atoms with van der Waals surface area (Å²) in [4.78, 5) is 29.6. The smallest absolute Gasteiger partial charge is 0.409 e. The number of para-hydroxylation sites is 1. The van der Waals surface area contributed by atoms with Crippen LogP contribution in [0, 0.1) is 0 Å². The lowest BCUT2D eigenvalue weighted by Crippen LogP contribution is -2.42. The molecule has 6 nitrogen and oxygen atoms in total. The van der Waals surface area contributed by atoms with E-state index in [1.165, 1.54) is 5.56 Å². The molecule has 0 radical (unpaired) electrons. The van der Waals surface area contributed by atoms with Gasteiger partial charge in [-0.3, -0.25) is 15.1 Å². The molecule has 0 saturated heterocycles. The van der Waals surface area contributed by atoms with Gasteiger partial charge < -0.3 is 10.1 Å². The fourth-order valence-corrected chi connectivity index (χ4v) is 3.41. The Morgan fingerprint density at radius 3 is 2.26 bits per heavy atom. The van der Waals surface area contributed by atoms with E-state index in [4.69, 9.17) is 4.74 Å². The van der Waals surface area contributed by atoms with Crippen LogP contribution < -0.4 is 10.6 Å². The molecule has 1 aliphatic heterocycles. The molecular formula is C25H23N3O3. The Morgan fingerprint density at radius 2 is 1.52 bits per heavy atom. The van der Waals surface area contributed by atoms with Gasteiger partial charge in [0.1, 0.15) is 6.61 Å². The molecule has 3 aromatic rings. The second-order valence-corrected chi connectivity index (χ2v) is 7.20. The highest BCUT2D eigenvalue weighted by Crippen LogP contribution is 2.22. The van der Waals surface area contributed by atoms with Gasteiger partial charge >= 0.3 is 6.09 Å². The Labute approximate surface area is 181 Å². The number of hydrogen-bond donors (Lipinski definition) is 2. The Kier molecular flexibility index (Phi) is 6.38. The number of aliphatic imine (C=N–C) groups is 1. The summed E-state index contributed by atoms with van der Waals surface area (Å²) in [5.74, 6) is -0.404. The minimum atomic E-state index is -1.07. The molecule has 2 N–H and O–H groups in total. The van der Waals surface area contributed by atoms with E-state index in [9.17, 15) is 9.59 Å². The van der Waals surface area contributed by atoms with Crippen LogP contribution in [-0.2, 0) is 22.6 Å². The molecule has 0 aliphatic carbocycles. The van der Waals surface area contributed by atoms with Gasteiger partial charge in [0.2, 0.25) is 6.17 Å². The van der Waals surface area contributed by atoms with E-state index < -0.39 is 18.2 Å². The van der Waals surface area contributed by atoms with Crippen molar-refractivity contribution >= 4 is 23.4 Å². The number of aryl methyl sites for hydroxylation is 1. The number of ether oxygens (including phenoxy) is 1. The van der Waals surface area contributed by atoms with Gasteiger partial charge in [-0.05, 0) is 30.0 Å². The van der Waals surface area contributed by atoms with Crippen molar-refractivity contribution in [3.8, 4) is 0 Å². The first-order valence-corrected chi connectivity index (χ1v) is 10.2. The second kappa shape index (κ2) is 9.71. The van der Waals surface area contributed by atoms with Gasteiger partial charge in [0.15, 0.2) is 0 Å². The van der Waals surface area contributed by atoms with Crippen LogP contribution >= 0.6 is 0 Å². The van der Waals surface area contributed by atoms with Crippen LogP contribution in [0.15, 0.2) is 89.9 Å². The largest absolute Gasteiger partial charge is 0.445 e. The molecule has 6 heteroatoms. The Balaban J connectivity index is 1.50. The second-order valence-electron chi connectivity index (χ2n) is 7.20. The molecular weight excluding hydrogens is 390 g/mol. The minimum Gasteiger partial charge on any atom is -0.445 e. The van der Waals surface area contributed by atoms with Crippen molar-refractivity contribution < 1.29 is 14.3 Å². The molecule has 31 heavy (non-hydrogen) atoms. The van der Waals surface area contributed by atoms with E-state index in [0.29, 0.717) is 12.1 Å². The van der Waals surface area contributed by atoms with Crippen LogP contribution in [0.3, 0.4) is 0 Å². The van der Waals surface area contributed by atoms with Crippen molar-refractivity contribution in [2.45, 2.75) is 25.6 Å². The molecule has 0 spiro atoms. The predicted molar refractivity (Wildman–Crippen MR) is 120 cm³/mol. The van der Waals surface area contributed by atoms with E-state index in [1.54, 1.807) is 0 Å². The molecule has 0 saturated carbocycles. The number of carbonyl (C=O) groups excluding carboxylic acids is 2. The fourth-order valence-electron chi connectivity index (χ4n) is 3.41. The highest BCUT2D eigenvalue weighted by atomic mass is 16.5. The van der Waals surface area contributed by atoms with Gasteiger partial charge in [0, 0.05) is 17.0 Å². The Bertz CT molecular complexity index is 1080. The summed E-state index contributed by atoms with van der Waals surface area (Å²) >= 11 is 0. The molecule has 4 rings (SSSR count). The first-order chi connectivity index (χ1) is 15.2. The molecule has 2 amide bonds. The van der Waals surface area contributed by atoms with Crippen molar-refractivity contribution in [1.29, 1.82) is 0 Å². The topological polar surface area (TPSA) is 79.8 Å². The van der Waals surface area contributed by atoms with E-state index in [2.05, 4.69) is 27.8 Å². The molecule has 0 fully saturated rings. The number of hydrogen-bond acceptors (Lipinski definition) is 4. The SMILES string of the molecule is O=C(NC1N=C(CCc2ccccc2)c2ccccc2NC1=O)OCc1ccccc1. The van der Waals surface area contributed by atoms with Crippen molar-refractivity contribution in [1.82, 2.24) is 5.32 Å². The van der Waals surface area contributed by atoms with Gasteiger partial charge in [-0.1, -0.05) is 78.9 Å². The maximum atomic E-state index is 12.7. The van der Waals surface area contributed by atoms with Gasteiger partial charge in [0.25, 0.3) is 5.91 Å². The first kappa shape index (κ1) is 20.3. The fraction of sp³-hybridized carbons (Fsp3) is 0.160. The summed E-state index contributed by atoms with van der Waals surface area (Å²) in [6.07, 6.45) is -0.358. The molecule has 1 aliphatic rings. The Hall–Kier alpha value is -3.93. The van der Waals surface area contributed by atoms with Gasteiger partial charge in [0.05, 0.1) is 0 Å². The maximum absolute atomic E-state index is 12.7. The summed E-state index contributed by atoms with van der Waals surface area (Å²) in [6, 6.07) is 27.0. The third-order valence-corrected chi connectivity index (χ3v) is 4.99. The van der Waals surface area contributed by atoms with E-state index in [1.807, 2.05) is 72.8 Å². The summed E-state index contributed by atoms with van der Waals surface area (Å²) in [5.41, 5.74) is 4.33. The number of amides is 2. The van der Waals surface area contributed by atoms with E-state index in [0.717, 1.165) is 23.3 Å². The Morgan fingerprint density at radius 1 is 0.871 bits per heavy atom. The van der Waals surface area contributed by atoms with Crippen molar-refractivity contribution in [3.05, 3.63) is 102 Å². The third kappa shape index (κ3) is 5.36. The first-order valence-electron chi connectivity index (χ1n) is 10.2. The summed E-state index contributed by atoms with van der Waals surface area (Å²) in [6.45, 7) is 0.117. The van der Waals surface area contributed by atoms with Crippen molar-refractivity contribution in [2.75, 3.05) is 5.32 Å². The third-order valence-electron chi connectivity index (χ3n) is 4.99. The van der Waals surface area contributed by atoms with Crippen molar-refractivity contribution in [3.63, 3.8) is 0 Å². The van der Waals surface area contributed by atoms with Gasteiger partial charge in [-0.2, -0.15) is 0 Å². The lowest BCUT2D eigenvalue weighted by molar-refractivity contribution is -0.117. The zero-order valence-electron chi connectivity index (χ0n) is 17.0. The monoisotopic (exact) mass is 413 g/mol. The van der Waals surface area contributed by atoms with Crippen LogP contribution in [0.5, 0.6) is 0 Å². The average molecular weight is 413 g/mol. The van der Waals surface area contributed by atoms with E-state index >= 15 is 0 Å². The molecule has 156 valence electrons. The molecule has 1 unspecified atom stereocenters. The molecule has 1 heterocycles. The lowest BCUT2D eigenvalue weighted by atomic mass is 10.0. The molecule has 1 atom stereocenters. The number of nitrogens with one attached hydrogen (secondary N) is 2. The zero-order valence-corrected chi connectivity index (χ0v) is 17.0. The normalized spacial score (nSPS) is 15.2. The summed E-state index contributed by atoms with van der Waals surface area (Å²) in [5, 5.41) is 5.44. The number of fused-ring (bicyclic) bond motifs is 1. The number of nitrogens with zero attached hydrogens (tertiary/aromatic N) is 1. The highest BCUT2D eigenvalue weighted by molar-refractivity contribution is 6.12. The van der Waals surface area contributed by atoms with Crippen LogP contribution in [0.25, 0.3) is 0 Å². The molecule has 0 aromatic heterocycles. The highest BCUT2D eigenvalue weighted by Gasteiger charge is 2.26. The number of benzodiazepines with no additional fused rings is 1. The molecule has 0 bridgehead atoms. The number of benzene rings is 3. The number of alkyl carbamates (subject to hydrolysis) is 1. The van der Waals surface area contributed by atoms with Crippen LogP contribution in [0.1, 0.15) is 23.1 Å². The number of rotatable bonds is 6. The number of carbonyl (C=O) groups is 2. The van der Waals surface area contributed by atoms with E-state index in [-0.39, 0.29) is 6.61 Å². The average Bonchev–Trinajstić information content (AvgIpc) is 2.94. The van der Waals surface area contributed by atoms with Crippen molar-refractivity contribution in [2.24, 2.45) is 4.99 Å². The van der Waals surface area contributed by atoms with Crippen LogP contribution in [0.4, 0.5) is 10.5 Å². The standard InChI is InChI=1S/C25H23N3O3/c29-24-23(28-25(30)31-17-19-11-5-2-6-12-19)26-22(16-15-18-9-3-1-4-10-18)20-13-7-8-14-21(20)27-24/h1-14,23H,15-17H2,(H,27,29)(H,28,30). The van der Waals surface area contributed by atoms with Crippen LogP contribution in [-0.4, -0.2) is 23.9 Å².